The maximum Gasteiger partial charge on any atom is 0.220 e. The number of hydrogen-bond donors (Lipinski definition) is 2. The third kappa shape index (κ3) is 5.63. The van der Waals surface area contributed by atoms with Crippen LogP contribution in [-0.4, -0.2) is 28.9 Å². The average Bonchev–Trinajstić information content (AvgIpc) is 2.61. The van der Waals surface area contributed by atoms with Crippen molar-refractivity contribution in [3.05, 3.63) is 71.8 Å². The lowest BCUT2D eigenvalue weighted by Gasteiger charge is -2.20. The summed E-state index contributed by atoms with van der Waals surface area (Å²) in [5, 5.41) is 13.0. The Bertz CT molecular complexity index is 655. The molecule has 0 heterocycles. The highest BCUT2D eigenvalue weighted by Crippen LogP contribution is 2.08. The highest BCUT2D eigenvalue weighted by molar-refractivity contribution is 5.97. The van der Waals surface area contributed by atoms with Crippen LogP contribution in [0, 0.1) is 0 Å². The summed E-state index contributed by atoms with van der Waals surface area (Å²) in [5.74, 6) is -0.276. The summed E-state index contributed by atoms with van der Waals surface area (Å²) in [6.07, 6.45) is 0.0970. The van der Waals surface area contributed by atoms with Crippen molar-refractivity contribution in [2.75, 3.05) is 0 Å². The zero-order chi connectivity index (χ0) is 17.4. The zero-order valence-electron chi connectivity index (χ0n) is 13.8. The highest BCUT2D eigenvalue weighted by atomic mass is 16.3. The molecule has 2 atom stereocenters. The number of hydrogen-bond acceptors (Lipinski definition) is 3. The molecule has 2 unspecified atom stereocenters. The molecule has 2 rings (SSSR count). The fraction of sp³-hybridized carbons (Fsp3) is 0.300. The Morgan fingerprint density at radius 1 is 0.958 bits per heavy atom. The second-order valence-corrected chi connectivity index (χ2v) is 5.90. The summed E-state index contributed by atoms with van der Waals surface area (Å²) in [4.78, 5) is 24.0. The zero-order valence-corrected chi connectivity index (χ0v) is 13.8. The van der Waals surface area contributed by atoms with E-state index in [2.05, 4.69) is 5.32 Å². The van der Waals surface area contributed by atoms with Crippen molar-refractivity contribution in [3.63, 3.8) is 0 Å². The Morgan fingerprint density at radius 2 is 1.54 bits per heavy atom. The van der Waals surface area contributed by atoms with Gasteiger partial charge < -0.3 is 10.4 Å². The predicted molar refractivity (Wildman–Crippen MR) is 93.8 cm³/mol. The van der Waals surface area contributed by atoms with E-state index in [0.717, 1.165) is 5.56 Å². The topological polar surface area (TPSA) is 66.4 Å². The van der Waals surface area contributed by atoms with Crippen molar-refractivity contribution in [2.24, 2.45) is 0 Å². The molecular weight excluding hydrogens is 302 g/mol. The molecule has 0 aromatic heterocycles. The van der Waals surface area contributed by atoms with Gasteiger partial charge in [0.1, 0.15) is 0 Å². The molecule has 0 aliphatic rings. The van der Waals surface area contributed by atoms with Crippen molar-refractivity contribution in [2.45, 2.75) is 38.3 Å². The summed E-state index contributed by atoms with van der Waals surface area (Å²) in [5.41, 5.74) is 1.63. The second-order valence-electron chi connectivity index (χ2n) is 5.90. The normalized spacial score (nSPS) is 13.1. The predicted octanol–water partition coefficient (Wildman–Crippen LogP) is 2.76. The van der Waals surface area contributed by atoms with Gasteiger partial charge in [0.05, 0.1) is 12.1 Å². The first-order chi connectivity index (χ1) is 11.6. The molecule has 4 nitrogen and oxygen atoms in total. The first-order valence-electron chi connectivity index (χ1n) is 8.16. The number of Topliss-reactive ketones (excluding diaryl/α,β-unsaturated/α-hetero) is 1. The van der Waals surface area contributed by atoms with E-state index in [-0.39, 0.29) is 30.6 Å². The molecule has 2 N–H and O–H groups in total. The van der Waals surface area contributed by atoms with Gasteiger partial charge in [0, 0.05) is 24.8 Å². The van der Waals surface area contributed by atoms with Crippen molar-refractivity contribution >= 4 is 11.7 Å². The van der Waals surface area contributed by atoms with Crippen molar-refractivity contribution in [1.29, 1.82) is 0 Å². The van der Waals surface area contributed by atoms with E-state index in [9.17, 15) is 14.7 Å². The monoisotopic (exact) mass is 325 g/mol. The second kappa shape index (κ2) is 8.99. The van der Waals surface area contributed by atoms with Crippen LogP contribution in [0.5, 0.6) is 0 Å². The molecule has 2 aromatic rings. The van der Waals surface area contributed by atoms with E-state index in [4.69, 9.17) is 0 Å². The Kier molecular flexibility index (Phi) is 6.70. The summed E-state index contributed by atoms with van der Waals surface area (Å²) in [7, 11) is 0. The lowest BCUT2D eigenvalue weighted by atomic mass is 10.0. The van der Waals surface area contributed by atoms with E-state index in [1.165, 1.54) is 0 Å². The number of carbonyl (C=O) groups excluding carboxylic acids is 2. The molecule has 0 spiro atoms. The van der Waals surface area contributed by atoms with Crippen LogP contribution < -0.4 is 5.32 Å². The van der Waals surface area contributed by atoms with Gasteiger partial charge in [0.15, 0.2) is 5.78 Å². The lowest BCUT2D eigenvalue weighted by Crippen LogP contribution is -2.42. The van der Waals surface area contributed by atoms with Crippen LogP contribution in [0.4, 0.5) is 0 Å². The largest absolute Gasteiger partial charge is 0.391 e. The van der Waals surface area contributed by atoms with Crippen LogP contribution >= 0.6 is 0 Å². The van der Waals surface area contributed by atoms with Gasteiger partial charge in [-0.1, -0.05) is 60.7 Å². The van der Waals surface area contributed by atoms with Crippen LogP contribution in [0.15, 0.2) is 60.7 Å². The SMILES string of the molecule is CC(NC(=O)CCC(=O)c1ccccc1)C(O)Cc1ccccc1. The third-order valence-corrected chi connectivity index (χ3v) is 3.93. The van der Waals surface area contributed by atoms with E-state index < -0.39 is 6.10 Å². The molecule has 1 amide bonds. The van der Waals surface area contributed by atoms with Crippen molar-refractivity contribution < 1.29 is 14.7 Å². The molecule has 0 fully saturated rings. The number of amides is 1. The highest BCUT2D eigenvalue weighted by Gasteiger charge is 2.17. The number of nitrogens with one attached hydrogen (secondary N) is 1. The Morgan fingerprint density at radius 3 is 2.17 bits per heavy atom. The Hall–Kier alpha value is -2.46. The molecule has 0 aliphatic carbocycles. The van der Waals surface area contributed by atoms with Gasteiger partial charge in [0.25, 0.3) is 0 Å². The summed E-state index contributed by atoms with van der Waals surface area (Å²) in [6, 6.07) is 18.2. The van der Waals surface area contributed by atoms with Gasteiger partial charge in [-0.3, -0.25) is 9.59 Å². The maximum absolute atomic E-state index is 12.0. The van der Waals surface area contributed by atoms with E-state index >= 15 is 0 Å². The molecule has 0 aliphatic heterocycles. The number of aliphatic hydroxyl groups excluding tert-OH is 1. The van der Waals surface area contributed by atoms with Crippen LogP contribution in [0.3, 0.4) is 0 Å². The third-order valence-electron chi connectivity index (χ3n) is 3.93. The minimum Gasteiger partial charge on any atom is -0.391 e. The molecule has 0 bridgehead atoms. The van der Waals surface area contributed by atoms with Gasteiger partial charge in [-0.25, -0.2) is 0 Å². The van der Waals surface area contributed by atoms with Gasteiger partial charge in [-0.2, -0.15) is 0 Å². The minimum atomic E-state index is -0.666. The molecule has 24 heavy (non-hydrogen) atoms. The average molecular weight is 325 g/mol. The molecule has 2 aromatic carbocycles. The molecule has 0 saturated heterocycles. The first kappa shape index (κ1) is 17.9. The number of aliphatic hydroxyl groups is 1. The van der Waals surface area contributed by atoms with Crippen molar-refractivity contribution in [3.8, 4) is 0 Å². The quantitative estimate of drug-likeness (QED) is 0.734. The number of ketones is 1. The molecule has 0 radical (unpaired) electrons. The van der Waals surface area contributed by atoms with Gasteiger partial charge in [-0.05, 0) is 12.5 Å². The van der Waals surface area contributed by atoms with Crippen LogP contribution in [0.25, 0.3) is 0 Å². The van der Waals surface area contributed by atoms with E-state index in [1.54, 1.807) is 31.2 Å². The number of rotatable bonds is 8. The first-order valence-corrected chi connectivity index (χ1v) is 8.16. The smallest absolute Gasteiger partial charge is 0.220 e. The molecule has 126 valence electrons. The lowest BCUT2D eigenvalue weighted by molar-refractivity contribution is -0.122. The standard InChI is InChI=1S/C20H23NO3/c1-15(19(23)14-16-8-4-2-5-9-16)21-20(24)13-12-18(22)17-10-6-3-7-11-17/h2-11,15,19,23H,12-14H2,1H3,(H,21,24). The fourth-order valence-corrected chi connectivity index (χ4v) is 2.45. The number of carbonyl (C=O) groups is 2. The Labute approximate surface area is 142 Å². The van der Waals surface area contributed by atoms with E-state index in [1.807, 2.05) is 36.4 Å². The summed E-state index contributed by atoms with van der Waals surface area (Å²) >= 11 is 0. The van der Waals surface area contributed by atoms with Crippen LogP contribution in [0.2, 0.25) is 0 Å². The van der Waals surface area contributed by atoms with Gasteiger partial charge in [0.2, 0.25) is 5.91 Å². The van der Waals surface area contributed by atoms with Gasteiger partial charge >= 0.3 is 0 Å². The number of benzene rings is 2. The Balaban J connectivity index is 1.76. The van der Waals surface area contributed by atoms with Crippen LogP contribution in [-0.2, 0) is 11.2 Å². The van der Waals surface area contributed by atoms with Gasteiger partial charge in [-0.15, -0.1) is 0 Å². The molecular formula is C20H23NO3. The molecule has 0 saturated carbocycles. The van der Waals surface area contributed by atoms with E-state index in [0.29, 0.717) is 12.0 Å². The molecule has 4 heteroatoms. The summed E-state index contributed by atoms with van der Waals surface area (Å²) in [6.45, 7) is 1.77. The maximum atomic E-state index is 12.0. The minimum absolute atomic E-state index is 0.0526. The fourth-order valence-electron chi connectivity index (χ4n) is 2.45. The van der Waals surface area contributed by atoms with Crippen molar-refractivity contribution in [1.82, 2.24) is 5.32 Å². The summed E-state index contributed by atoms with van der Waals surface area (Å²) < 4.78 is 0. The van der Waals surface area contributed by atoms with Crippen LogP contribution in [0.1, 0.15) is 35.7 Å².